The summed E-state index contributed by atoms with van der Waals surface area (Å²) in [5.41, 5.74) is 1.03. The Hall–Kier alpha value is -2.29. The molecule has 2 aromatic rings. The van der Waals surface area contributed by atoms with Crippen molar-refractivity contribution < 1.29 is 4.74 Å². The van der Waals surface area contributed by atoms with Crippen LogP contribution in [-0.4, -0.2) is 9.78 Å². The summed E-state index contributed by atoms with van der Waals surface area (Å²) < 4.78 is 7.56. The highest BCUT2D eigenvalue weighted by molar-refractivity contribution is 5.33. The van der Waals surface area contributed by atoms with Crippen LogP contribution in [-0.2, 0) is 0 Å². The van der Waals surface area contributed by atoms with Crippen molar-refractivity contribution >= 4 is 0 Å². The van der Waals surface area contributed by atoms with Gasteiger partial charge >= 0.3 is 0 Å². The number of para-hydroxylation sites is 1. The molecule has 1 aliphatic carbocycles. The number of hydrogen-bond donors (Lipinski definition) is 0. The maximum Gasteiger partial charge on any atom is 0.165 e. The van der Waals surface area contributed by atoms with Gasteiger partial charge in [0.1, 0.15) is 5.76 Å². The second-order valence-corrected chi connectivity index (χ2v) is 5.14. The van der Waals surface area contributed by atoms with Gasteiger partial charge in [0.25, 0.3) is 0 Å². The lowest BCUT2D eigenvalue weighted by atomic mass is 10.2. The van der Waals surface area contributed by atoms with E-state index >= 15 is 0 Å². The molecule has 1 aliphatic rings. The van der Waals surface area contributed by atoms with Gasteiger partial charge in [-0.3, -0.25) is 0 Å². The minimum absolute atomic E-state index is 0.761. The first kappa shape index (κ1) is 19.8. The van der Waals surface area contributed by atoms with Crippen molar-refractivity contribution in [3.8, 4) is 11.4 Å². The first-order valence-corrected chi connectivity index (χ1v) is 8.98. The highest BCUT2D eigenvalue weighted by atomic mass is 16.5. The lowest BCUT2D eigenvalue weighted by molar-refractivity contribution is 0.439. The molecule has 0 spiro atoms. The smallest absolute Gasteiger partial charge is 0.165 e. The Kier molecular flexibility index (Phi) is 10.0. The van der Waals surface area contributed by atoms with Gasteiger partial charge in [0.05, 0.1) is 18.1 Å². The van der Waals surface area contributed by atoms with Crippen molar-refractivity contribution in [2.75, 3.05) is 0 Å². The molecule has 0 amide bonds. The van der Waals surface area contributed by atoms with Gasteiger partial charge in [-0.1, -0.05) is 64.8 Å². The van der Waals surface area contributed by atoms with Crippen LogP contribution >= 0.6 is 0 Å². The Morgan fingerprint density at radius 2 is 1.75 bits per heavy atom. The molecule has 0 unspecified atom stereocenters. The number of nitrogens with zero attached hydrogens (tertiary/aromatic N) is 2. The molecule has 1 aromatic heterocycles. The molecule has 0 saturated carbocycles. The van der Waals surface area contributed by atoms with E-state index in [2.05, 4.69) is 31.1 Å². The van der Waals surface area contributed by atoms with Crippen LogP contribution in [0.3, 0.4) is 0 Å². The Balaban J connectivity index is 0.000000423. The molecule has 0 aliphatic heterocycles. The third-order valence-corrected chi connectivity index (χ3v) is 3.28. The van der Waals surface area contributed by atoms with Crippen LogP contribution in [0.15, 0.2) is 66.7 Å². The molecule has 0 fully saturated rings. The molecule has 1 heterocycles. The van der Waals surface area contributed by atoms with Crippen LogP contribution in [0, 0.1) is 0 Å². The fraction of sp³-hybridized carbons (Fsp3) is 0.381. The SMILES string of the molecule is C1=CC(Oc2cnn(-c3ccccc3)c2)=CCC1.CC.CCCC. The normalized spacial score (nSPS) is 12.2. The number of ether oxygens (including phenoxy) is 1. The fourth-order valence-electron chi connectivity index (χ4n) is 1.88. The lowest BCUT2D eigenvalue weighted by Crippen LogP contribution is -1.95. The van der Waals surface area contributed by atoms with Crippen LogP contribution in [0.25, 0.3) is 5.69 Å². The lowest BCUT2D eigenvalue weighted by Gasteiger charge is -2.06. The predicted octanol–water partition coefficient (Wildman–Crippen LogP) is 6.32. The van der Waals surface area contributed by atoms with Gasteiger partial charge in [-0.15, -0.1) is 0 Å². The van der Waals surface area contributed by atoms with Crippen LogP contribution in [0.4, 0.5) is 0 Å². The van der Waals surface area contributed by atoms with Gasteiger partial charge in [0.2, 0.25) is 0 Å². The van der Waals surface area contributed by atoms with Crippen molar-refractivity contribution in [2.45, 2.75) is 53.4 Å². The zero-order valence-electron chi connectivity index (χ0n) is 15.4. The highest BCUT2D eigenvalue weighted by Gasteiger charge is 2.04. The van der Waals surface area contributed by atoms with E-state index in [-0.39, 0.29) is 0 Å². The number of aromatic nitrogens is 2. The van der Waals surface area contributed by atoms with Gasteiger partial charge < -0.3 is 4.74 Å². The first-order valence-electron chi connectivity index (χ1n) is 8.98. The van der Waals surface area contributed by atoms with E-state index in [0.29, 0.717) is 0 Å². The largest absolute Gasteiger partial charge is 0.454 e. The second-order valence-electron chi connectivity index (χ2n) is 5.14. The Bertz CT molecular complexity index is 610. The van der Waals surface area contributed by atoms with Gasteiger partial charge in [-0.2, -0.15) is 5.10 Å². The second kappa shape index (κ2) is 12.2. The maximum atomic E-state index is 5.75. The number of unbranched alkanes of at least 4 members (excludes halogenated alkanes) is 1. The average molecular weight is 326 g/mol. The maximum absolute atomic E-state index is 5.75. The Labute approximate surface area is 146 Å². The van der Waals surface area contributed by atoms with E-state index in [0.717, 1.165) is 30.0 Å². The summed E-state index contributed by atoms with van der Waals surface area (Å²) >= 11 is 0. The van der Waals surface area contributed by atoms with Crippen molar-refractivity contribution in [3.05, 3.63) is 66.7 Å². The summed E-state index contributed by atoms with van der Waals surface area (Å²) in [6.45, 7) is 8.36. The van der Waals surface area contributed by atoms with Crippen molar-refractivity contribution in [1.29, 1.82) is 0 Å². The molecule has 3 heteroatoms. The van der Waals surface area contributed by atoms with E-state index in [4.69, 9.17) is 4.74 Å². The molecule has 3 rings (SSSR count). The fourth-order valence-corrected chi connectivity index (χ4v) is 1.88. The van der Waals surface area contributed by atoms with Crippen LogP contribution in [0.5, 0.6) is 5.75 Å². The van der Waals surface area contributed by atoms with E-state index in [1.54, 1.807) is 6.20 Å². The van der Waals surface area contributed by atoms with E-state index in [9.17, 15) is 0 Å². The molecule has 0 N–H and O–H groups in total. The summed E-state index contributed by atoms with van der Waals surface area (Å²) in [6, 6.07) is 9.99. The standard InChI is InChI=1S/C15H14N2O.C4H10.C2H6/c1-3-7-13(8-4-1)17-12-15(11-16-17)18-14-9-5-2-6-10-14;1-3-4-2;1-2/h1,3-5,7-12H,2,6H2;3-4H2,1-2H3;1-2H3. The molecule has 24 heavy (non-hydrogen) atoms. The first-order chi connectivity index (χ1) is 11.8. The van der Waals surface area contributed by atoms with Crippen molar-refractivity contribution in [1.82, 2.24) is 9.78 Å². The van der Waals surface area contributed by atoms with Crippen molar-refractivity contribution in [3.63, 3.8) is 0 Å². The number of benzene rings is 1. The summed E-state index contributed by atoms with van der Waals surface area (Å²) in [5.74, 6) is 1.66. The molecule has 1 aromatic carbocycles. The van der Waals surface area contributed by atoms with Crippen LogP contribution in [0.2, 0.25) is 0 Å². The van der Waals surface area contributed by atoms with E-state index in [1.807, 2.05) is 61.1 Å². The molecular weight excluding hydrogens is 296 g/mol. The molecule has 0 bridgehead atoms. The van der Waals surface area contributed by atoms with E-state index in [1.165, 1.54) is 12.8 Å². The van der Waals surface area contributed by atoms with Gasteiger partial charge in [-0.05, 0) is 37.1 Å². The van der Waals surface area contributed by atoms with E-state index < -0.39 is 0 Å². The molecule has 3 nitrogen and oxygen atoms in total. The predicted molar refractivity (Wildman–Crippen MR) is 103 cm³/mol. The quantitative estimate of drug-likeness (QED) is 0.657. The molecule has 0 radical (unpaired) electrons. The highest BCUT2D eigenvalue weighted by Crippen LogP contribution is 2.18. The zero-order valence-corrected chi connectivity index (χ0v) is 15.4. The Morgan fingerprint density at radius 1 is 1.04 bits per heavy atom. The van der Waals surface area contributed by atoms with Crippen LogP contribution < -0.4 is 4.74 Å². The summed E-state index contributed by atoms with van der Waals surface area (Å²) in [7, 11) is 0. The average Bonchev–Trinajstić information content (AvgIpc) is 3.14. The number of hydrogen-bond acceptors (Lipinski definition) is 2. The van der Waals surface area contributed by atoms with Gasteiger partial charge in [0.15, 0.2) is 5.75 Å². The van der Waals surface area contributed by atoms with Gasteiger partial charge in [0, 0.05) is 0 Å². The molecular formula is C21H30N2O. The zero-order chi connectivity index (χ0) is 17.6. The van der Waals surface area contributed by atoms with Crippen molar-refractivity contribution in [2.24, 2.45) is 0 Å². The third-order valence-electron chi connectivity index (χ3n) is 3.28. The number of rotatable bonds is 4. The minimum Gasteiger partial charge on any atom is -0.454 e. The number of allylic oxidation sites excluding steroid dienone is 3. The Morgan fingerprint density at radius 3 is 2.33 bits per heavy atom. The summed E-state index contributed by atoms with van der Waals surface area (Å²) in [6.07, 6.45) is 14.6. The topological polar surface area (TPSA) is 27.1 Å². The minimum atomic E-state index is 0.761. The van der Waals surface area contributed by atoms with Crippen LogP contribution in [0.1, 0.15) is 53.4 Å². The monoisotopic (exact) mass is 326 g/mol. The summed E-state index contributed by atoms with van der Waals surface area (Å²) in [4.78, 5) is 0. The van der Waals surface area contributed by atoms with Gasteiger partial charge in [-0.25, -0.2) is 4.68 Å². The molecule has 130 valence electrons. The third kappa shape index (κ3) is 6.86. The molecule has 0 saturated heterocycles. The molecule has 0 atom stereocenters. The summed E-state index contributed by atoms with van der Waals surface area (Å²) in [5, 5.41) is 4.29.